The van der Waals surface area contributed by atoms with Gasteiger partial charge in [0.1, 0.15) is 11.9 Å². The van der Waals surface area contributed by atoms with Gasteiger partial charge in [0.15, 0.2) is 0 Å². The molecule has 0 fully saturated rings. The first-order valence-electron chi connectivity index (χ1n) is 3.08. The Hall–Kier alpha value is -1.40. The van der Waals surface area contributed by atoms with Gasteiger partial charge in [0.05, 0.1) is 11.7 Å². The van der Waals surface area contributed by atoms with Crippen LogP contribution in [-0.2, 0) is 0 Å². The summed E-state index contributed by atoms with van der Waals surface area (Å²) in [6.45, 7) is 0. The molecule has 1 atom stereocenters. The third-order valence-corrected chi connectivity index (χ3v) is 1.27. The number of hydrogen-bond acceptors (Lipinski definition) is 2. The van der Waals surface area contributed by atoms with Crippen LogP contribution in [0.1, 0.15) is 0 Å². The summed E-state index contributed by atoms with van der Waals surface area (Å²) in [6.07, 6.45) is 4.22. The van der Waals surface area contributed by atoms with Crippen LogP contribution in [0.3, 0.4) is 0 Å². The van der Waals surface area contributed by atoms with Crippen molar-refractivity contribution in [2.75, 3.05) is 0 Å². The third-order valence-electron chi connectivity index (χ3n) is 1.27. The van der Waals surface area contributed by atoms with Gasteiger partial charge in [0.2, 0.25) is 0 Å². The SMILES string of the molecule is N#CC1=CC=CC(O)C=C1F. The average molecular weight is 151 g/mol. The van der Waals surface area contributed by atoms with Gasteiger partial charge in [-0.3, -0.25) is 0 Å². The molecule has 3 heteroatoms. The van der Waals surface area contributed by atoms with E-state index in [-0.39, 0.29) is 5.57 Å². The summed E-state index contributed by atoms with van der Waals surface area (Å²) >= 11 is 0. The van der Waals surface area contributed by atoms with Gasteiger partial charge in [-0.2, -0.15) is 5.26 Å². The van der Waals surface area contributed by atoms with Crippen molar-refractivity contribution in [2.45, 2.75) is 6.10 Å². The predicted molar refractivity (Wildman–Crippen MR) is 38.0 cm³/mol. The van der Waals surface area contributed by atoms with Gasteiger partial charge < -0.3 is 5.11 Å². The molecular formula is C8H6FNO. The monoisotopic (exact) mass is 151 g/mol. The van der Waals surface area contributed by atoms with Crippen LogP contribution < -0.4 is 0 Å². The smallest absolute Gasteiger partial charge is 0.139 e. The topological polar surface area (TPSA) is 44.0 Å². The van der Waals surface area contributed by atoms with E-state index in [1.165, 1.54) is 18.2 Å². The second-order valence-electron chi connectivity index (χ2n) is 2.08. The van der Waals surface area contributed by atoms with E-state index in [0.29, 0.717) is 0 Å². The molecule has 0 bridgehead atoms. The normalized spacial score (nSPS) is 23.2. The van der Waals surface area contributed by atoms with Crippen molar-refractivity contribution < 1.29 is 9.50 Å². The zero-order chi connectivity index (χ0) is 8.27. The van der Waals surface area contributed by atoms with Crippen molar-refractivity contribution in [1.82, 2.24) is 0 Å². The van der Waals surface area contributed by atoms with Crippen LogP contribution in [0.5, 0.6) is 0 Å². The number of allylic oxidation sites excluding steroid dienone is 4. The van der Waals surface area contributed by atoms with Crippen molar-refractivity contribution in [1.29, 1.82) is 5.26 Å². The first-order chi connectivity index (χ1) is 5.24. The van der Waals surface area contributed by atoms with Crippen LogP contribution in [0.25, 0.3) is 0 Å². The number of rotatable bonds is 0. The van der Waals surface area contributed by atoms with Crippen LogP contribution >= 0.6 is 0 Å². The molecule has 0 aromatic carbocycles. The molecule has 0 amide bonds. The summed E-state index contributed by atoms with van der Waals surface area (Å²) < 4.78 is 12.7. The molecule has 56 valence electrons. The number of nitriles is 1. The highest BCUT2D eigenvalue weighted by molar-refractivity contribution is 5.43. The van der Waals surface area contributed by atoms with Crippen LogP contribution in [0.2, 0.25) is 0 Å². The second-order valence-corrected chi connectivity index (χ2v) is 2.08. The molecule has 1 unspecified atom stereocenters. The quantitative estimate of drug-likeness (QED) is 0.565. The molecule has 0 saturated carbocycles. The Labute approximate surface area is 63.6 Å². The van der Waals surface area contributed by atoms with Crippen molar-refractivity contribution in [3.63, 3.8) is 0 Å². The van der Waals surface area contributed by atoms with E-state index in [1.807, 2.05) is 0 Å². The predicted octanol–water partition coefficient (Wildman–Crippen LogP) is 1.22. The molecule has 0 radical (unpaired) electrons. The summed E-state index contributed by atoms with van der Waals surface area (Å²) in [7, 11) is 0. The number of nitrogens with zero attached hydrogens (tertiary/aromatic N) is 1. The first-order valence-corrected chi connectivity index (χ1v) is 3.08. The van der Waals surface area contributed by atoms with Gasteiger partial charge in [0.25, 0.3) is 0 Å². The van der Waals surface area contributed by atoms with E-state index in [0.717, 1.165) is 6.08 Å². The minimum absolute atomic E-state index is 0.0576. The fourth-order valence-corrected chi connectivity index (χ4v) is 0.731. The Morgan fingerprint density at radius 2 is 2.36 bits per heavy atom. The summed E-state index contributed by atoms with van der Waals surface area (Å²) in [4.78, 5) is 0. The van der Waals surface area contributed by atoms with E-state index in [1.54, 1.807) is 6.07 Å². The van der Waals surface area contributed by atoms with Crippen LogP contribution in [0, 0.1) is 11.3 Å². The van der Waals surface area contributed by atoms with E-state index >= 15 is 0 Å². The largest absolute Gasteiger partial charge is 0.385 e. The van der Waals surface area contributed by atoms with Crippen LogP contribution in [0.15, 0.2) is 35.7 Å². The van der Waals surface area contributed by atoms with Gasteiger partial charge in [0, 0.05) is 0 Å². The molecule has 1 aliphatic rings. The van der Waals surface area contributed by atoms with Gasteiger partial charge >= 0.3 is 0 Å². The fraction of sp³-hybridized carbons (Fsp3) is 0.125. The molecule has 0 aromatic heterocycles. The molecule has 1 aliphatic carbocycles. The zero-order valence-electron chi connectivity index (χ0n) is 5.66. The van der Waals surface area contributed by atoms with E-state index in [9.17, 15) is 4.39 Å². The first kappa shape index (κ1) is 7.70. The van der Waals surface area contributed by atoms with Crippen molar-refractivity contribution in [3.8, 4) is 6.07 Å². The Morgan fingerprint density at radius 3 is 3.00 bits per heavy atom. The number of hydrogen-bond donors (Lipinski definition) is 1. The van der Waals surface area contributed by atoms with Crippen LogP contribution in [0.4, 0.5) is 4.39 Å². The molecule has 0 heterocycles. The van der Waals surface area contributed by atoms with Gasteiger partial charge in [-0.15, -0.1) is 0 Å². The number of aliphatic hydroxyl groups is 1. The molecule has 1 rings (SSSR count). The molecule has 11 heavy (non-hydrogen) atoms. The minimum atomic E-state index is -0.933. The second kappa shape index (κ2) is 3.13. The molecule has 0 spiro atoms. The van der Waals surface area contributed by atoms with E-state index in [2.05, 4.69) is 0 Å². The lowest BCUT2D eigenvalue weighted by molar-refractivity contribution is 0.269. The molecule has 0 aliphatic heterocycles. The third kappa shape index (κ3) is 1.76. The Kier molecular flexibility index (Phi) is 2.19. The highest BCUT2D eigenvalue weighted by Gasteiger charge is 2.07. The van der Waals surface area contributed by atoms with Gasteiger partial charge in [-0.1, -0.05) is 12.2 Å². The fourth-order valence-electron chi connectivity index (χ4n) is 0.731. The Balaban J connectivity index is 3.00. The summed E-state index contributed by atoms with van der Waals surface area (Å²) in [6, 6.07) is 1.67. The molecular weight excluding hydrogens is 145 g/mol. The van der Waals surface area contributed by atoms with Gasteiger partial charge in [-0.25, -0.2) is 4.39 Å². The summed E-state index contributed by atoms with van der Waals surface area (Å²) in [5.74, 6) is -0.676. The van der Waals surface area contributed by atoms with Crippen molar-refractivity contribution in [3.05, 3.63) is 35.7 Å². The molecule has 0 saturated heterocycles. The summed E-state index contributed by atoms with van der Waals surface area (Å²) in [5, 5.41) is 17.3. The number of aliphatic hydroxyl groups excluding tert-OH is 1. The minimum Gasteiger partial charge on any atom is -0.385 e. The lowest BCUT2D eigenvalue weighted by Crippen LogP contribution is -1.95. The molecule has 1 N–H and O–H groups in total. The zero-order valence-corrected chi connectivity index (χ0v) is 5.66. The average Bonchev–Trinajstić information content (AvgIpc) is 2.11. The number of halogens is 1. The maximum Gasteiger partial charge on any atom is 0.139 e. The maximum atomic E-state index is 12.7. The highest BCUT2D eigenvalue weighted by atomic mass is 19.1. The van der Waals surface area contributed by atoms with E-state index < -0.39 is 11.9 Å². The van der Waals surface area contributed by atoms with Gasteiger partial charge in [-0.05, 0) is 12.2 Å². The Bertz CT molecular complexity index is 283. The van der Waals surface area contributed by atoms with Crippen LogP contribution in [-0.4, -0.2) is 11.2 Å². The molecule has 0 aromatic rings. The maximum absolute atomic E-state index is 12.7. The van der Waals surface area contributed by atoms with Crippen molar-refractivity contribution in [2.24, 2.45) is 0 Å². The lowest BCUT2D eigenvalue weighted by atomic mass is 10.2. The molecule has 2 nitrogen and oxygen atoms in total. The lowest BCUT2D eigenvalue weighted by Gasteiger charge is -1.94. The summed E-state index contributed by atoms with van der Waals surface area (Å²) in [5.41, 5.74) is -0.0576. The van der Waals surface area contributed by atoms with E-state index in [4.69, 9.17) is 10.4 Å². The highest BCUT2D eigenvalue weighted by Crippen LogP contribution is 2.14. The standard InChI is InChI=1S/C8H6FNO/c9-8-4-7(11)3-1-2-6(8)5-10/h1-4,7,11H. The Morgan fingerprint density at radius 1 is 1.64 bits per heavy atom. The van der Waals surface area contributed by atoms with Crippen molar-refractivity contribution >= 4 is 0 Å².